The lowest BCUT2D eigenvalue weighted by atomic mass is 9.96. The minimum Gasteiger partial charge on any atom is -0.466 e. The van der Waals surface area contributed by atoms with E-state index in [0.29, 0.717) is 45.5 Å². The van der Waals surface area contributed by atoms with Crippen LogP contribution in [0.15, 0.2) is 0 Å². The molecule has 120 valence electrons. The summed E-state index contributed by atoms with van der Waals surface area (Å²) in [6.07, 6.45) is 3.47. The lowest BCUT2D eigenvalue weighted by Crippen LogP contribution is -2.40. The SMILES string of the molecule is CCOC(=O)C1CCN(C(=O)CCCCNC(=N)N)CC1. The molecule has 21 heavy (non-hydrogen) atoms. The average molecular weight is 298 g/mol. The zero-order chi connectivity index (χ0) is 15.7. The molecule has 1 heterocycles. The van der Waals surface area contributed by atoms with Crippen molar-refractivity contribution in [3.63, 3.8) is 0 Å². The number of hydrogen-bond donors (Lipinski definition) is 3. The number of unbranched alkanes of at least 4 members (excludes halogenated alkanes) is 1. The topological polar surface area (TPSA) is 109 Å². The van der Waals surface area contributed by atoms with Gasteiger partial charge in [0.15, 0.2) is 5.96 Å². The van der Waals surface area contributed by atoms with E-state index >= 15 is 0 Å². The number of hydrogen-bond acceptors (Lipinski definition) is 4. The van der Waals surface area contributed by atoms with Crippen molar-refractivity contribution in [3.8, 4) is 0 Å². The van der Waals surface area contributed by atoms with Crippen LogP contribution in [0, 0.1) is 11.3 Å². The van der Waals surface area contributed by atoms with Crippen molar-refractivity contribution in [3.05, 3.63) is 0 Å². The van der Waals surface area contributed by atoms with Gasteiger partial charge >= 0.3 is 5.97 Å². The number of nitrogens with one attached hydrogen (secondary N) is 2. The van der Waals surface area contributed by atoms with Crippen LogP contribution in [0.2, 0.25) is 0 Å². The Labute approximate surface area is 125 Å². The molecule has 0 aromatic heterocycles. The van der Waals surface area contributed by atoms with Gasteiger partial charge in [-0.15, -0.1) is 0 Å². The van der Waals surface area contributed by atoms with E-state index in [1.807, 2.05) is 4.90 Å². The Morgan fingerprint density at radius 1 is 1.33 bits per heavy atom. The number of piperidine rings is 1. The third-order valence-corrected chi connectivity index (χ3v) is 3.60. The Bertz CT molecular complexity index is 365. The zero-order valence-corrected chi connectivity index (χ0v) is 12.7. The van der Waals surface area contributed by atoms with Crippen LogP contribution in [0.1, 0.15) is 39.0 Å². The number of nitrogens with zero attached hydrogens (tertiary/aromatic N) is 1. The first-order chi connectivity index (χ1) is 10.0. The number of guanidine groups is 1. The van der Waals surface area contributed by atoms with Crippen LogP contribution in [0.4, 0.5) is 0 Å². The van der Waals surface area contributed by atoms with Gasteiger partial charge in [-0.3, -0.25) is 15.0 Å². The van der Waals surface area contributed by atoms with Gasteiger partial charge in [-0.2, -0.15) is 0 Å². The summed E-state index contributed by atoms with van der Waals surface area (Å²) in [6, 6.07) is 0. The fourth-order valence-corrected chi connectivity index (χ4v) is 2.41. The number of carbonyl (C=O) groups excluding carboxylic acids is 2. The maximum absolute atomic E-state index is 12.0. The molecule has 0 unspecified atom stereocenters. The average Bonchev–Trinajstić information content (AvgIpc) is 2.46. The van der Waals surface area contributed by atoms with Crippen molar-refractivity contribution in [2.24, 2.45) is 11.7 Å². The van der Waals surface area contributed by atoms with E-state index in [1.54, 1.807) is 6.92 Å². The van der Waals surface area contributed by atoms with Crippen LogP contribution in [0.3, 0.4) is 0 Å². The second-order valence-corrected chi connectivity index (χ2v) is 5.20. The summed E-state index contributed by atoms with van der Waals surface area (Å²) in [5, 5.41) is 9.73. The van der Waals surface area contributed by atoms with Crippen LogP contribution in [-0.2, 0) is 14.3 Å². The molecule has 7 heteroatoms. The normalized spacial score (nSPS) is 15.6. The molecule has 0 saturated carbocycles. The molecule has 0 radical (unpaired) electrons. The lowest BCUT2D eigenvalue weighted by molar-refractivity contribution is -0.151. The van der Waals surface area contributed by atoms with Crippen LogP contribution < -0.4 is 11.1 Å². The van der Waals surface area contributed by atoms with Crippen LogP contribution >= 0.6 is 0 Å². The predicted molar refractivity (Wildman–Crippen MR) is 79.7 cm³/mol. The van der Waals surface area contributed by atoms with E-state index in [4.69, 9.17) is 15.9 Å². The molecule has 1 amide bonds. The van der Waals surface area contributed by atoms with Gasteiger partial charge in [-0.05, 0) is 32.6 Å². The third-order valence-electron chi connectivity index (χ3n) is 3.60. The van der Waals surface area contributed by atoms with Gasteiger partial charge in [0.25, 0.3) is 0 Å². The first-order valence-corrected chi connectivity index (χ1v) is 7.57. The van der Waals surface area contributed by atoms with Crippen molar-refractivity contribution >= 4 is 17.8 Å². The highest BCUT2D eigenvalue weighted by Crippen LogP contribution is 2.19. The van der Waals surface area contributed by atoms with Crippen molar-refractivity contribution in [1.82, 2.24) is 10.2 Å². The van der Waals surface area contributed by atoms with E-state index < -0.39 is 0 Å². The molecule has 1 aliphatic heterocycles. The fourth-order valence-electron chi connectivity index (χ4n) is 2.41. The van der Waals surface area contributed by atoms with Crippen LogP contribution in [0.5, 0.6) is 0 Å². The second kappa shape index (κ2) is 9.20. The molecule has 0 aromatic rings. The summed E-state index contributed by atoms with van der Waals surface area (Å²) in [7, 11) is 0. The van der Waals surface area contributed by atoms with Crippen molar-refractivity contribution < 1.29 is 14.3 Å². The standard InChI is InChI=1S/C14H26N4O3/c1-2-21-13(20)11-6-9-18(10-7-11)12(19)5-3-4-8-17-14(15)16/h11H,2-10H2,1H3,(H4,15,16,17). The highest BCUT2D eigenvalue weighted by Gasteiger charge is 2.27. The first-order valence-electron chi connectivity index (χ1n) is 7.57. The van der Waals surface area contributed by atoms with Crippen LogP contribution in [-0.4, -0.2) is 49.0 Å². The number of nitrogens with two attached hydrogens (primary N) is 1. The van der Waals surface area contributed by atoms with E-state index in [-0.39, 0.29) is 23.8 Å². The molecule has 1 fully saturated rings. The van der Waals surface area contributed by atoms with Gasteiger partial charge in [0.2, 0.25) is 5.91 Å². The molecule has 0 spiro atoms. The van der Waals surface area contributed by atoms with Gasteiger partial charge in [-0.25, -0.2) is 0 Å². The maximum atomic E-state index is 12.0. The van der Waals surface area contributed by atoms with Gasteiger partial charge in [0.1, 0.15) is 0 Å². The number of carbonyl (C=O) groups is 2. The van der Waals surface area contributed by atoms with E-state index in [0.717, 1.165) is 12.8 Å². The lowest BCUT2D eigenvalue weighted by Gasteiger charge is -2.31. The third kappa shape index (κ3) is 6.46. The molecule has 1 rings (SSSR count). The van der Waals surface area contributed by atoms with E-state index in [9.17, 15) is 9.59 Å². The minimum atomic E-state index is -0.139. The molecule has 7 nitrogen and oxygen atoms in total. The molecule has 0 bridgehead atoms. The highest BCUT2D eigenvalue weighted by atomic mass is 16.5. The largest absolute Gasteiger partial charge is 0.466 e. The van der Waals surface area contributed by atoms with E-state index in [2.05, 4.69) is 5.32 Å². The Morgan fingerprint density at radius 3 is 2.57 bits per heavy atom. The molecular formula is C14H26N4O3. The molecule has 0 aliphatic carbocycles. The van der Waals surface area contributed by atoms with Gasteiger partial charge in [-0.1, -0.05) is 0 Å². The molecule has 1 saturated heterocycles. The number of ether oxygens (including phenoxy) is 1. The molecule has 4 N–H and O–H groups in total. The van der Waals surface area contributed by atoms with E-state index in [1.165, 1.54) is 0 Å². The number of esters is 1. The summed E-state index contributed by atoms with van der Waals surface area (Å²) >= 11 is 0. The van der Waals surface area contributed by atoms with Crippen LogP contribution in [0.25, 0.3) is 0 Å². The highest BCUT2D eigenvalue weighted by molar-refractivity contribution is 5.77. The Balaban J connectivity index is 2.17. The van der Waals surface area contributed by atoms with Crippen molar-refractivity contribution in [2.75, 3.05) is 26.2 Å². The summed E-state index contributed by atoms with van der Waals surface area (Å²) in [5.41, 5.74) is 5.17. The Hall–Kier alpha value is -1.79. The summed E-state index contributed by atoms with van der Waals surface area (Å²) < 4.78 is 5.01. The monoisotopic (exact) mass is 298 g/mol. The fraction of sp³-hybridized carbons (Fsp3) is 0.786. The molecule has 0 aromatic carbocycles. The van der Waals surface area contributed by atoms with Gasteiger partial charge < -0.3 is 20.7 Å². The summed E-state index contributed by atoms with van der Waals surface area (Å²) in [4.78, 5) is 25.5. The number of rotatable bonds is 7. The molecule has 0 atom stereocenters. The number of amides is 1. The maximum Gasteiger partial charge on any atom is 0.309 e. The molecular weight excluding hydrogens is 272 g/mol. The molecule has 1 aliphatic rings. The zero-order valence-electron chi connectivity index (χ0n) is 12.7. The number of likely N-dealkylation sites (tertiary alicyclic amines) is 1. The predicted octanol–water partition coefficient (Wildman–Crippen LogP) is 0.441. The Kier molecular flexibility index (Phi) is 7.56. The second-order valence-electron chi connectivity index (χ2n) is 5.20. The smallest absolute Gasteiger partial charge is 0.309 e. The van der Waals surface area contributed by atoms with Gasteiger partial charge in [0, 0.05) is 26.1 Å². The first kappa shape index (κ1) is 17.3. The quantitative estimate of drug-likeness (QED) is 0.273. The van der Waals surface area contributed by atoms with Crippen molar-refractivity contribution in [1.29, 1.82) is 5.41 Å². The minimum absolute atomic E-state index is 0.0395. The summed E-state index contributed by atoms with van der Waals surface area (Å²) in [5.74, 6) is -0.101. The summed E-state index contributed by atoms with van der Waals surface area (Å²) in [6.45, 7) is 4.10. The van der Waals surface area contributed by atoms with Gasteiger partial charge in [0.05, 0.1) is 12.5 Å². The Morgan fingerprint density at radius 2 is 2.00 bits per heavy atom. The van der Waals surface area contributed by atoms with Crippen molar-refractivity contribution in [2.45, 2.75) is 39.0 Å².